The molecule has 1 aliphatic heterocycles. The standard InChI is InChI=1S/C10H20N2O2/c1-4-14-9(13)7-12-6-5-11-8-10(12,2)3/h11H,4-8H2,1-3H3. The third-order valence-electron chi connectivity index (χ3n) is 2.60. The Bertz CT molecular complexity index is 204. The Morgan fingerprint density at radius 3 is 2.86 bits per heavy atom. The molecule has 0 unspecified atom stereocenters. The molecule has 4 heteroatoms. The monoisotopic (exact) mass is 200 g/mol. The predicted octanol–water partition coefficient (Wildman–Crippen LogP) is 0.233. The van der Waals surface area contributed by atoms with E-state index in [0.717, 1.165) is 19.6 Å². The molecule has 0 aromatic heterocycles. The zero-order valence-electron chi connectivity index (χ0n) is 9.30. The van der Waals surface area contributed by atoms with E-state index in [0.29, 0.717) is 13.2 Å². The number of hydrogen-bond acceptors (Lipinski definition) is 4. The fraction of sp³-hybridized carbons (Fsp3) is 0.900. The molecule has 0 aromatic carbocycles. The average Bonchev–Trinajstić information content (AvgIpc) is 2.09. The number of hydrogen-bond donors (Lipinski definition) is 1. The molecule has 0 saturated carbocycles. The highest BCUT2D eigenvalue weighted by Gasteiger charge is 2.30. The van der Waals surface area contributed by atoms with Crippen LogP contribution in [0, 0.1) is 0 Å². The summed E-state index contributed by atoms with van der Waals surface area (Å²) in [4.78, 5) is 13.5. The van der Waals surface area contributed by atoms with E-state index < -0.39 is 0 Å². The SMILES string of the molecule is CCOC(=O)CN1CCNCC1(C)C. The summed E-state index contributed by atoms with van der Waals surface area (Å²) in [7, 11) is 0. The summed E-state index contributed by atoms with van der Waals surface area (Å²) in [5.74, 6) is -0.123. The number of rotatable bonds is 3. The van der Waals surface area contributed by atoms with E-state index in [1.54, 1.807) is 0 Å². The van der Waals surface area contributed by atoms with Crippen LogP contribution in [0.15, 0.2) is 0 Å². The van der Waals surface area contributed by atoms with Crippen LogP contribution >= 0.6 is 0 Å². The van der Waals surface area contributed by atoms with Gasteiger partial charge in [0, 0.05) is 25.2 Å². The van der Waals surface area contributed by atoms with Crippen LogP contribution in [0.4, 0.5) is 0 Å². The zero-order chi connectivity index (χ0) is 10.6. The van der Waals surface area contributed by atoms with Gasteiger partial charge in [0.2, 0.25) is 0 Å². The van der Waals surface area contributed by atoms with Crippen molar-refractivity contribution < 1.29 is 9.53 Å². The highest BCUT2D eigenvalue weighted by Crippen LogP contribution is 2.15. The quantitative estimate of drug-likeness (QED) is 0.662. The van der Waals surface area contributed by atoms with Gasteiger partial charge in [0.05, 0.1) is 13.2 Å². The van der Waals surface area contributed by atoms with Gasteiger partial charge >= 0.3 is 5.97 Å². The highest BCUT2D eigenvalue weighted by molar-refractivity contribution is 5.71. The minimum absolute atomic E-state index is 0.0466. The number of nitrogens with one attached hydrogen (secondary N) is 1. The number of carbonyl (C=O) groups excluding carboxylic acids is 1. The third kappa shape index (κ3) is 2.96. The Labute approximate surface area is 85.6 Å². The maximum absolute atomic E-state index is 11.3. The molecule has 4 nitrogen and oxygen atoms in total. The van der Waals surface area contributed by atoms with E-state index in [9.17, 15) is 4.79 Å². The van der Waals surface area contributed by atoms with Crippen molar-refractivity contribution in [1.29, 1.82) is 0 Å². The molecule has 0 aromatic rings. The van der Waals surface area contributed by atoms with Gasteiger partial charge in [0.15, 0.2) is 0 Å². The Balaban J connectivity index is 2.45. The van der Waals surface area contributed by atoms with Crippen LogP contribution in [0.3, 0.4) is 0 Å². The molecule has 0 aliphatic carbocycles. The summed E-state index contributed by atoms with van der Waals surface area (Å²) in [5.41, 5.74) is 0.0466. The van der Waals surface area contributed by atoms with Gasteiger partial charge in [-0.25, -0.2) is 0 Å². The van der Waals surface area contributed by atoms with Crippen molar-refractivity contribution in [2.45, 2.75) is 26.3 Å². The van der Waals surface area contributed by atoms with Crippen LogP contribution in [0.5, 0.6) is 0 Å². The van der Waals surface area contributed by atoms with Crippen LogP contribution in [0.25, 0.3) is 0 Å². The molecule has 1 fully saturated rings. The molecular formula is C10H20N2O2. The van der Waals surface area contributed by atoms with E-state index in [-0.39, 0.29) is 11.5 Å². The van der Waals surface area contributed by atoms with Crippen molar-refractivity contribution in [3.63, 3.8) is 0 Å². The Morgan fingerprint density at radius 1 is 1.57 bits per heavy atom. The molecule has 82 valence electrons. The van der Waals surface area contributed by atoms with Gasteiger partial charge in [-0.15, -0.1) is 0 Å². The number of piperazine rings is 1. The molecule has 14 heavy (non-hydrogen) atoms. The molecular weight excluding hydrogens is 180 g/mol. The van der Waals surface area contributed by atoms with Crippen LogP contribution in [0.1, 0.15) is 20.8 Å². The van der Waals surface area contributed by atoms with E-state index in [2.05, 4.69) is 24.1 Å². The molecule has 1 rings (SSSR count). The van der Waals surface area contributed by atoms with Gasteiger partial charge in [0.25, 0.3) is 0 Å². The zero-order valence-corrected chi connectivity index (χ0v) is 9.30. The first-order chi connectivity index (χ1) is 6.56. The van der Waals surface area contributed by atoms with Crippen LogP contribution in [0.2, 0.25) is 0 Å². The van der Waals surface area contributed by atoms with Crippen molar-refractivity contribution in [1.82, 2.24) is 10.2 Å². The van der Waals surface area contributed by atoms with Crippen LogP contribution < -0.4 is 5.32 Å². The fourth-order valence-corrected chi connectivity index (χ4v) is 1.68. The van der Waals surface area contributed by atoms with Crippen molar-refractivity contribution in [2.24, 2.45) is 0 Å². The van der Waals surface area contributed by atoms with Crippen LogP contribution in [-0.4, -0.2) is 49.2 Å². The Hall–Kier alpha value is -0.610. The average molecular weight is 200 g/mol. The molecule has 0 bridgehead atoms. The highest BCUT2D eigenvalue weighted by atomic mass is 16.5. The van der Waals surface area contributed by atoms with Crippen molar-refractivity contribution >= 4 is 5.97 Å². The normalized spacial score (nSPS) is 21.9. The van der Waals surface area contributed by atoms with Crippen molar-refractivity contribution in [3.8, 4) is 0 Å². The lowest BCUT2D eigenvalue weighted by atomic mass is 10.0. The minimum atomic E-state index is -0.123. The third-order valence-corrected chi connectivity index (χ3v) is 2.60. The van der Waals surface area contributed by atoms with Crippen molar-refractivity contribution in [3.05, 3.63) is 0 Å². The molecule has 1 N–H and O–H groups in total. The lowest BCUT2D eigenvalue weighted by Crippen LogP contribution is -2.59. The number of carbonyl (C=O) groups is 1. The van der Waals surface area contributed by atoms with Gasteiger partial charge in [-0.2, -0.15) is 0 Å². The first-order valence-electron chi connectivity index (χ1n) is 5.17. The van der Waals surface area contributed by atoms with E-state index in [1.807, 2.05) is 6.92 Å². The smallest absolute Gasteiger partial charge is 0.320 e. The van der Waals surface area contributed by atoms with Gasteiger partial charge < -0.3 is 10.1 Å². The molecule has 1 saturated heterocycles. The lowest BCUT2D eigenvalue weighted by molar-refractivity contribution is -0.146. The maximum atomic E-state index is 11.3. The second kappa shape index (κ2) is 4.75. The molecule has 1 aliphatic rings. The van der Waals surface area contributed by atoms with E-state index in [1.165, 1.54) is 0 Å². The Morgan fingerprint density at radius 2 is 2.29 bits per heavy atom. The molecule has 1 heterocycles. The summed E-state index contributed by atoms with van der Waals surface area (Å²) in [6.07, 6.45) is 0. The summed E-state index contributed by atoms with van der Waals surface area (Å²) < 4.78 is 4.94. The largest absolute Gasteiger partial charge is 0.465 e. The second-order valence-corrected chi connectivity index (χ2v) is 4.22. The number of esters is 1. The topological polar surface area (TPSA) is 41.6 Å². The lowest BCUT2D eigenvalue weighted by Gasteiger charge is -2.42. The first kappa shape index (κ1) is 11.5. The molecule has 0 atom stereocenters. The van der Waals surface area contributed by atoms with Gasteiger partial charge in [-0.05, 0) is 20.8 Å². The first-order valence-corrected chi connectivity index (χ1v) is 5.17. The molecule has 0 amide bonds. The molecule has 0 radical (unpaired) electrons. The minimum Gasteiger partial charge on any atom is -0.465 e. The van der Waals surface area contributed by atoms with E-state index in [4.69, 9.17) is 4.74 Å². The fourth-order valence-electron chi connectivity index (χ4n) is 1.68. The molecule has 0 spiro atoms. The van der Waals surface area contributed by atoms with Gasteiger partial charge in [0.1, 0.15) is 0 Å². The van der Waals surface area contributed by atoms with E-state index >= 15 is 0 Å². The second-order valence-electron chi connectivity index (χ2n) is 4.22. The van der Waals surface area contributed by atoms with Gasteiger partial charge in [-0.3, -0.25) is 9.69 Å². The Kier molecular flexibility index (Phi) is 3.89. The summed E-state index contributed by atoms with van der Waals surface area (Å²) >= 11 is 0. The summed E-state index contributed by atoms with van der Waals surface area (Å²) in [6.45, 7) is 9.76. The van der Waals surface area contributed by atoms with Crippen molar-refractivity contribution in [2.75, 3.05) is 32.8 Å². The maximum Gasteiger partial charge on any atom is 0.320 e. The number of nitrogens with zero attached hydrogens (tertiary/aromatic N) is 1. The number of ether oxygens (including phenoxy) is 1. The summed E-state index contributed by atoms with van der Waals surface area (Å²) in [6, 6.07) is 0. The van der Waals surface area contributed by atoms with Crippen LogP contribution in [-0.2, 0) is 9.53 Å². The summed E-state index contributed by atoms with van der Waals surface area (Å²) in [5, 5.41) is 3.32. The predicted molar refractivity (Wildman–Crippen MR) is 55.2 cm³/mol. The van der Waals surface area contributed by atoms with Gasteiger partial charge in [-0.1, -0.05) is 0 Å².